The van der Waals surface area contributed by atoms with Crippen molar-refractivity contribution in [1.82, 2.24) is 4.90 Å². The van der Waals surface area contributed by atoms with Crippen LogP contribution in [0.5, 0.6) is 0 Å². The molecule has 0 saturated carbocycles. The molecule has 2 aliphatic rings. The highest BCUT2D eigenvalue weighted by Gasteiger charge is 2.53. The predicted octanol–water partition coefficient (Wildman–Crippen LogP) is 0.671. The maximum Gasteiger partial charge on any atom is 0.269 e. The Balaban J connectivity index is 1.34. The molecule has 16 heteroatoms. The van der Waals surface area contributed by atoms with Crippen molar-refractivity contribution in [3.63, 3.8) is 0 Å². The van der Waals surface area contributed by atoms with Crippen LogP contribution in [0.1, 0.15) is 30.0 Å². The van der Waals surface area contributed by atoms with Crippen molar-refractivity contribution in [2.24, 2.45) is 5.92 Å². The Bertz CT molecular complexity index is 1820. The van der Waals surface area contributed by atoms with E-state index in [0.717, 1.165) is 11.6 Å². The Morgan fingerprint density at radius 1 is 1.02 bits per heavy atom. The van der Waals surface area contributed by atoms with Gasteiger partial charge in [0.05, 0.1) is 23.8 Å². The molecule has 5 rings (SSSR count). The molecule has 3 aromatic carbocycles. The fourth-order valence-electron chi connectivity index (χ4n) is 6.28. The van der Waals surface area contributed by atoms with Crippen LogP contribution in [-0.2, 0) is 37.8 Å². The lowest BCUT2D eigenvalue weighted by Crippen LogP contribution is -2.60. The van der Waals surface area contributed by atoms with Crippen LogP contribution in [0.4, 0.5) is 17.1 Å². The van der Waals surface area contributed by atoms with Gasteiger partial charge in [-0.25, -0.2) is 0 Å². The van der Waals surface area contributed by atoms with E-state index in [0.29, 0.717) is 5.56 Å². The van der Waals surface area contributed by atoms with Crippen LogP contribution >= 0.6 is 0 Å². The zero-order valence-corrected chi connectivity index (χ0v) is 28.1. The molecule has 3 aromatic rings. The molecule has 0 bridgehead atoms. The molecule has 7 atom stereocenters. The highest BCUT2D eigenvalue weighted by Crippen LogP contribution is 2.47. The van der Waals surface area contributed by atoms with Gasteiger partial charge in [-0.3, -0.25) is 24.5 Å². The van der Waals surface area contributed by atoms with Crippen LogP contribution in [0, 0.1) is 16.0 Å². The van der Waals surface area contributed by atoms with Crippen molar-refractivity contribution < 1.29 is 54.7 Å². The number of non-ortho nitro benzene ring substituents is 1. The van der Waals surface area contributed by atoms with Gasteiger partial charge in [-0.05, 0) is 29.3 Å². The second-order valence-corrected chi connectivity index (χ2v) is 12.7. The zero-order valence-electron chi connectivity index (χ0n) is 28.1. The van der Waals surface area contributed by atoms with Crippen LogP contribution in [0.2, 0.25) is 0 Å². The van der Waals surface area contributed by atoms with E-state index in [1.807, 2.05) is 30.3 Å². The van der Waals surface area contributed by atoms with Gasteiger partial charge in [0, 0.05) is 48.8 Å². The number of nitrogens with zero attached hydrogens (tertiary/aromatic N) is 3. The number of ether oxygens (including phenoxy) is 1. The van der Waals surface area contributed by atoms with Crippen molar-refractivity contribution >= 4 is 34.8 Å². The molecule has 0 radical (unpaired) electrons. The van der Waals surface area contributed by atoms with Gasteiger partial charge in [-0.2, -0.15) is 0 Å². The summed E-state index contributed by atoms with van der Waals surface area (Å²) in [6.07, 6.45) is -6.26. The van der Waals surface area contributed by atoms with Crippen LogP contribution in [0.15, 0.2) is 84.9 Å². The smallest absolute Gasteiger partial charge is 0.269 e. The van der Waals surface area contributed by atoms with Crippen molar-refractivity contribution in [1.29, 1.82) is 0 Å². The van der Waals surface area contributed by atoms with Crippen LogP contribution in [0.25, 0.3) is 0 Å². The van der Waals surface area contributed by atoms with E-state index in [9.17, 15) is 55.1 Å². The minimum absolute atomic E-state index is 0.00615. The number of hydrogen-bond acceptors (Lipinski definition) is 12. The van der Waals surface area contributed by atoms with E-state index in [2.05, 4.69) is 5.32 Å². The number of benzene rings is 3. The maximum atomic E-state index is 14.1. The highest BCUT2D eigenvalue weighted by atomic mass is 16.6. The van der Waals surface area contributed by atoms with Gasteiger partial charge >= 0.3 is 0 Å². The van der Waals surface area contributed by atoms with E-state index in [-0.39, 0.29) is 61.2 Å². The van der Waals surface area contributed by atoms with E-state index < -0.39 is 59.0 Å². The number of rotatable bonds is 13. The Labute approximate surface area is 297 Å². The lowest BCUT2D eigenvalue weighted by atomic mass is 9.82. The molecule has 1 fully saturated rings. The number of anilines is 2. The number of aliphatic hydroxyl groups is 6. The molecule has 2 heterocycles. The summed E-state index contributed by atoms with van der Waals surface area (Å²) in [5.41, 5.74) is -0.898. The van der Waals surface area contributed by atoms with Crippen molar-refractivity contribution in [2.45, 2.75) is 62.7 Å². The van der Waals surface area contributed by atoms with Gasteiger partial charge < -0.3 is 50.5 Å². The molecule has 2 aliphatic heterocycles. The average Bonchev–Trinajstić information content (AvgIpc) is 3.34. The third-order valence-electron chi connectivity index (χ3n) is 9.16. The lowest BCUT2D eigenvalue weighted by Gasteiger charge is -2.37. The second-order valence-electron chi connectivity index (χ2n) is 12.7. The summed E-state index contributed by atoms with van der Waals surface area (Å²) >= 11 is 0. The molecule has 0 aromatic heterocycles. The Morgan fingerprint density at radius 3 is 2.42 bits per heavy atom. The normalized spacial score (nSPS) is 24.8. The molecule has 276 valence electrons. The summed E-state index contributed by atoms with van der Waals surface area (Å²) in [5.74, 6) is -2.98. The van der Waals surface area contributed by atoms with E-state index in [1.54, 1.807) is 19.1 Å². The summed E-state index contributed by atoms with van der Waals surface area (Å²) in [5, 5.41) is 75.4. The van der Waals surface area contributed by atoms with Crippen LogP contribution < -0.4 is 10.2 Å². The summed E-state index contributed by atoms with van der Waals surface area (Å²) < 4.78 is 4.98. The van der Waals surface area contributed by atoms with Gasteiger partial charge in [0.25, 0.3) is 17.5 Å². The number of nitrogens with one attached hydrogen (secondary N) is 1. The highest BCUT2D eigenvalue weighted by molar-refractivity contribution is 6.07. The fourth-order valence-corrected chi connectivity index (χ4v) is 6.28. The first-order valence-corrected chi connectivity index (χ1v) is 16.5. The van der Waals surface area contributed by atoms with Crippen LogP contribution in [-0.4, -0.2) is 102 Å². The Morgan fingerprint density at radius 2 is 1.73 bits per heavy atom. The lowest BCUT2D eigenvalue weighted by molar-refractivity contribution is -0.385. The molecule has 0 spiro atoms. The number of amides is 3. The summed E-state index contributed by atoms with van der Waals surface area (Å²) in [7, 11) is 0. The zero-order chi connectivity index (χ0) is 37.7. The second kappa shape index (κ2) is 16.1. The molecular formula is C36H40N4O12. The Hall–Kier alpha value is -5.07. The molecular weight excluding hydrogens is 680 g/mol. The van der Waals surface area contributed by atoms with Gasteiger partial charge in [0.15, 0.2) is 18.0 Å². The molecule has 0 aliphatic carbocycles. The van der Waals surface area contributed by atoms with Crippen molar-refractivity contribution in [2.75, 3.05) is 23.4 Å². The third kappa shape index (κ3) is 7.88. The first-order valence-electron chi connectivity index (χ1n) is 16.5. The number of fused-ring (bicyclic) bond motifs is 1. The minimum atomic E-state index is -2.26. The van der Waals surface area contributed by atoms with Crippen molar-refractivity contribution in [3.8, 4) is 0 Å². The van der Waals surface area contributed by atoms with E-state index >= 15 is 0 Å². The molecule has 16 nitrogen and oxygen atoms in total. The maximum absolute atomic E-state index is 14.1. The first-order chi connectivity index (χ1) is 24.8. The standard InChI is InChI=1S/C36H40N4O12/c1-21(7-5-12-28(42)38(15-16-41)19-22-8-3-2-4-9-22)36(49)26-18-25(40(50)51)13-14-27(26)39(35(36)48)20-23-10-6-11-24(17-23)37-33(46)32-30(44)29(43)31(45)34(47)52-32/h2-11,13-14,17-18,21,29-32,34,41,43-45,47,49H,12,15-16,19-20H2,1H3,(H,37,46)/b7-5+/t21-,29-,30-,31+,32-,34+,36+/m0/s1. The molecule has 7 N–H and O–H groups in total. The molecule has 1 saturated heterocycles. The summed E-state index contributed by atoms with van der Waals surface area (Å²) in [4.78, 5) is 53.8. The number of aliphatic hydroxyl groups excluding tert-OH is 5. The topological polar surface area (TPSA) is 243 Å². The van der Waals surface area contributed by atoms with Crippen molar-refractivity contribution in [3.05, 3.63) is 112 Å². The van der Waals surface area contributed by atoms with Gasteiger partial charge in [-0.1, -0.05) is 61.5 Å². The SMILES string of the molecule is C[C@@H](/C=C/CC(=O)N(CCO)Cc1ccccc1)[C@]1(O)C(=O)N(Cc2cccc(NC(=O)[C@H]3O[C@@H](O)[C@H](O)[C@@H](O)[C@@H]3O)c2)c2ccc([N+](=O)[O-])cc21. The number of nitro groups is 1. The number of hydrogen-bond donors (Lipinski definition) is 7. The quantitative estimate of drug-likeness (QED) is 0.0732. The van der Waals surface area contributed by atoms with Gasteiger partial charge in [0.1, 0.15) is 18.3 Å². The summed E-state index contributed by atoms with van der Waals surface area (Å²) in [6, 6.07) is 19.1. The predicted molar refractivity (Wildman–Crippen MR) is 184 cm³/mol. The fraction of sp³-hybridized carbons (Fsp3) is 0.361. The summed E-state index contributed by atoms with van der Waals surface area (Å²) in [6.45, 7) is 1.53. The molecule has 0 unspecified atom stereocenters. The van der Waals surface area contributed by atoms with E-state index in [1.165, 1.54) is 46.2 Å². The first kappa shape index (κ1) is 38.2. The molecule has 52 heavy (non-hydrogen) atoms. The van der Waals surface area contributed by atoms with Gasteiger partial charge in [-0.15, -0.1) is 0 Å². The van der Waals surface area contributed by atoms with Gasteiger partial charge in [0.2, 0.25) is 5.91 Å². The minimum Gasteiger partial charge on any atom is -0.395 e. The number of nitro benzene ring substituents is 1. The van der Waals surface area contributed by atoms with Crippen LogP contribution in [0.3, 0.4) is 0 Å². The molecule has 3 amide bonds. The van der Waals surface area contributed by atoms with E-state index in [4.69, 9.17) is 4.74 Å². The number of carbonyl (C=O) groups is 3. The third-order valence-corrected chi connectivity index (χ3v) is 9.16. The number of carbonyl (C=O) groups excluding carboxylic acids is 3. The largest absolute Gasteiger partial charge is 0.395 e. The average molecular weight is 721 g/mol. The Kier molecular flexibility index (Phi) is 11.8. The monoisotopic (exact) mass is 720 g/mol.